The van der Waals surface area contributed by atoms with Gasteiger partial charge in [-0.05, 0) is 43.9 Å². The summed E-state index contributed by atoms with van der Waals surface area (Å²) < 4.78 is 5.61. The molecule has 1 N–H and O–H groups in total. The van der Waals surface area contributed by atoms with E-state index in [0.717, 1.165) is 42.7 Å². The Morgan fingerprint density at radius 1 is 1.48 bits per heavy atom. The van der Waals surface area contributed by atoms with Crippen LogP contribution >= 0.6 is 0 Å². The fourth-order valence-electron chi connectivity index (χ4n) is 3.73. The fourth-order valence-corrected chi connectivity index (χ4v) is 3.73. The Balaban J connectivity index is 1.77. The summed E-state index contributed by atoms with van der Waals surface area (Å²) in [6.07, 6.45) is 5.57. The molecule has 0 saturated carbocycles. The van der Waals surface area contributed by atoms with Gasteiger partial charge in [0.25, 0.3) is 0 Å². The number of ether oxygens (including phenoxy) is 1. The average molecular weight is 340 g/mol. The molecule has 1 fully saturated rings. The van der Waals surface area contributed by atoms with Crippen molar-refractivity contribution in [2.75, 3.05) is 31.6 Å². The van der Waals surface area contributed by atoms with Crippen LogP contribution in [-0.4, -0.2) is 47.7 Å². The molecule has 1 aromatic heterocycles. The third-order valence-corrected chi connectivity index (χ3v) is 5.32. The molecule has 1 aliphatic rings. The topological polar surface area (TPSA) is 44.4 Å². The minimum absolute atomic E-state index is 0.307. The number of allylic oxidation sites excluding steroid dienone is 1. The van der Waals surface area contributed by atoms with Gasteiger partial charge in [0.05, 0.1) is 29.7 Å². The molecule has 1 saturated heterocycles. The number of aromatic nitrogens is 2. The van der Waals surface area contributed by atoms with Crippen molar-refractivity contribution in [2.45, 2.75) is 25.8 Å². The van der Waals surface area contributed by atoms with Gasteiger partial charge in [-0.1, -0.05) is 13.2 Å². The molecule has 5 nitrogen and oxygen atoms in total. The van der Waals surface area contributed by atoms with E-state index in [0.29, 0.717) is 18.6 Å². The van der Waals surface area contributed by atoms with Crippen LogP contribution in [0.5, 0.6) is 0 Å². The van der Waals surface area contributed by atoms with Crippen LogP contribution in [0.2, 0.25) is 0 Å². The van der Waals surface area contributed by atoms with E-state index in [9.17, 15) is 0 Å². The summed E-state index contributed by atoms with van der Waals surface area (Å²) in [6.45, 7) is 12.6. The standard InChI is InChI=1S/C20H28N4O/c1-5-25-13-20(16-8-10-24(11-9-16)15(2)3)23(4)17-6-7-18-19(12-17)22-14-21-18/h5-7,12,14,16,20H,1-2,8-11,13H2,3-4H3,(H,21,22)/t20-/m1/s1. The molecule has 1 aliphatic heterocycles. The molecule has 0 radical (unpaired) electrons. The highest BCUT2D eigenvalue weighted by Crippen LogP contribution is 2.29. The number of piperidine rings is 1. The Morgan fingerprint density at radius 2 is 2.24 bits per heavy atom. The predicted octanol–water partition coefficient (Wildman–Crippen LogP) is 3.77. The Kier molecular flexibility index (Phi) is 5.31. The number of hydrogen-bond donors (Lipinski definition) is 1. The lowest BCUT2D eigenvalue weighted by Gasteiger charge is -2.41. The number of fused-ring (bicyclic) bond motifs is 1. The van der Waals surface area contributed by atoms with Crippen molar-refractivity contribution in [3.8, 4) is 0 Å². The molecular formula is C20H28N4O. The zero-order valence-electron chi connectivity index (χ0n) is 15.2. The van der Waals surface area contributed by atoms with E-state index in [1.54, 1.807) is 12.6 Å². The van der Waals surface area contributed by atoms with Crippen LogP contribution in [0.15, 0.2) is 49.6 Å². The van der Waals surface area contributed by atoms with Crippen molar-refractivity contribution in [1.82, 2.24) is 14.9 Å². The first kappa shape index (κ1) is 17.4. The first-order chi connectivity index (χ1) is 12.1. The van der Waals surface area contributed by atoms with Crippen molar-refractivity contribution in [3.05, 3.63) is 49.6 Å². The number of anilines is 1. The summed E-state index contributed by atoms with van der Waals surface area (Å²) in [5.41, 5.74) is 4.38. The summed E-state index contributed by atoms with van der Waals surface area (Å²) in [6, 6.07) is 6.67. The molecule has 1 aromatic carbocycles. The van der Waals surface area contributed by atoms with Gasteiger partial charge >= 0.3 is 0 Å². The lowest BCUT2D eigenvalue weighted by molar-refractivity contribution is 0.148. The fraction of sp³-hybridized carbons (Fsp3) is 0.450. The van der Waals surface area contributed by atoms with E-state index in [1.165, 1.54) is 5.69 Å². The summed E-state index contributed by atoms with van der Waals surface area (Å²) in [5.74, 6) is 0.579. The van der Waals surface area contributed by atoms with Crippen molar-refractivity contribution in [1.29, 1.82) is 0 Å². The largest absolute Gasteiger partial charge is 0.500 e. The first-order valence-corrected chi connectivity index (χ1v) is 8.89. The Bertz CT molecular complexity index is 730. The molecule has 0 unspecified atom stereocenters. The number of likely N-dealkylation sites (N-methyl/N-ethyl adjacent to an activating group) is 1. The minimum atomic E-state index is 0.307. The third-order valence-electron chi connectivity index (χ3n) is 5.32. The molecule has 2 heterocycles. The highest BCUT2D eigenvalue weighted by molar-refractivity contribution is 5.79. The first-order valence-electron chi connectivity index (χ1n) is 8.89. The normalized spacial score (nSPS) is 16.6. The number of aromatic amines is 1. The lowest BCUT2D eigenvalue weighted by Crippen LogP contribution is -2.46. The van der Waals surface area contributed by atoms with E-state index < -0.39 is 0 Å². The van der Waals surface area contributed by atoms with Crippen LogP contribution in [0, 0.1) is 5.92 Å². The lowest BCUT2D eigenvalue weighted by atomic mass is 9.88. The number of H-pyrrole nitrogens is 1. The van der Waals surface area contributed by atoms with Gasteiger partial charge in [-0.25, -0.2) is 4.98 Å². The molecule has 0 amide bonds. The van der Waals surface area contributed by atoms with Gasteiger partial charge in [-0.2, -0.15) is 0 Å². The van der Waals surface area contributed by atoms with Gasteiger partial charge < -0.3 is 19.5 Å². The van der Waals surface area contributed by atoms with Crippen molar-refractivity contribution >= 4 is 16.7 Å². The number of nitrogens with zero attached hydrogens (tertiary/aromatic N) is 3. The molecule has 0 aliphatic carbocycles. The zero-order valence-corrected chi connectivity index (χ0v) is 15.2. The maximum Gasteiger partial charge on any atom is 0.108 e. The van der Waals surface area contributed by atoms with E-state index in [2.05, 4.69) is 65.1 Å². The van der Waals surface area contributed by atoms with E-state index in [4.69, 9.17) is 4.74 Å². The van der Waals surface area contributed by atoms with Gasteiger partial charge in [-0.3, -0.25) is 0 Å². The van der Waals surface area contributed by atoms with Crippen LogP contribution in [0.3, 0.4) is 0 Å². The summed E-state index contributed by atoms with van der Waals surface area (Å²) >= 11 is 0. The van der Waals surface area contributed by atoms with Gasteiger partial charge in [0.2, 0.25) is 0 Å². The second-order valence-electron chi connectivity index (χ2n) is 6.84. The number of likely N-dealkylation sites (tertiary alicyclic amines) is 1. The van der Waals surface area contributed by atoms with Crippen LogP contribution < -0.4 is 4.90 Å². The van der Waals surface area contributed by atoms with Crippen molar-refractivity contribution in [2.24, 2.45) is 5.92 Å². The zero-order chi connectivity index (χ0) is 17.8. The van der Waals surface area contributed by atoms with E-state index >= 15 is 0 Å². The van der Waals surface area contributed by atoms with Gasteiger partial charge in [0.15, 0.2) is 0 Å². The Morgan fingerprint density at radius 3 is 2.92 bits per heavy atom. The number of imidazole rings is 1. The van der Waals surface area contributed by atoms with Crippen molar-refractivity contribution in [3.63, 3.8) is 0 Å². The highest BCUT2D eigenvalue weighted by atomic mass is 16.5. The molecule has 1 atom stereocenters. The molecule has 0 spiro atoms. The number of hydrogen-bond acceptors (Lipinski definition) is 4. The maximum atomic E-state index is 5.61. The maximum absolute atomic E-state index is 5.61. The quantitative estimate of drug-likeness (QED) is 0.779. The molecular weight excluding hydrogens is 312 g/mol. The summed E-state index contributed by atoms with van der Waals surface area (Å²) in [4.78, 5) is 12.2. The Labute approximate surface area is 150 Å². The SMILES string of the molecule is C=COC[C@H](C1CCN(C(=C)C)CC1)N(C)c1ccc2[nH]cnc2c1. The van der Waals surface area contributed by atoms with Crippen molar-refractivity contribution < 1.29 is 4.74 Å². The molecule has 0 bridgehead atoms. The van der Waals surface area contributed by atoms with Crippen LogP contribution in [0.4, 0.5) is 5.69 Å². The van der Waals surface area contributed by atoms with Gasteiger partial charge in [-0.15, -0.1) is 0 Å². The van der Waals surface area contributed by atoms with Crippen LogP contribution in [0.1, 0.15) is 19.8 Å². The van der Waals surface area contributed by atoms with Gasteiger partial charge in [0, 0.05) is 31.5 Å². The average Bonchev–Trinajstić information content (AvgIpc) is 3.10. The molecule has 3 rings (SSSR count). The highest BCUT2D eigenvalue weighted by Gasteiger charge is 2.30. The van der Waals surface area contributed by atoms with Crippen LogP contribution in [-0.2, 0) is 4.74 Å². The van der Waals surface area contributed by atoms with E-state index in [1.807, 2.05) is 0 Å². The summed E-state index contributed by atoms with van der Waals surface area (Å²) in [7, 11) is 2.15. The number of nitrogens with one attached hydrogen (secondary N) is 1. The predicted molar refractivity (Wildman–Crippen MR) is 104 cm³/mol. The van der Waals surface area contributed by atoms with Crippen LogP contribution in [0.25, 0.3) is 11.0 Å². The smallest absolute Gasteiger partial charge is 0.108 e. The summed E-state index contributed by atoms with van der Waals surface area (Å²) in [5, 5.41) is 0. The number of rotatable bonds is 7. The minimum Gasteiger partial charge on any atom is -0.500 e. The second-order valence-corrected chi connectivity index (χ2v) is 6.84. The molecule has 5 heteroatoms. The van der Waals surface area contributed by atoms with Gasteiger partial charge in [0.1, 0.15) is 6.61 Å². The monoisotopic (exact) mass is 340 g/mol. The Hall–Kier alpha value is -2.43. The second kappa shape index (κ2) is 7.64. The molecule has 2 aromatic rings. The molecule has 134 valence electrons. The molecule has 25 heavy (non-hydrogen) atoms. The third kappa shape index (κ3) is 3.81. The van der Waals surface area contributed by atoms with E-state index in [-0.39, 0.29) is 0 Å². The number of benzene rings is 1.